The van der Waals surface area contributed by atoms with E-state index < -0.39 is 5.54 Å². The van der Waals surface area contributed by atoms with E-state index in [1.807, 2.05) is 43.3 Å². The molecule has 0 radical (unpaired) electrons. The Bertz CT molecular complexity index is 776. The van der Waals surface area contributed by atoms with Gasteiger partial charge < -0.3 is 5.73 Å². The van der Waals surface area contributed by atoms with Crippen molar-refractivity contribution < 1.29 is 4.39 Å². The number of nitrogens with zero attached hydrogens (tertiary/aromatic N) is 1. The minimum absolute atomic E-state index is 0.237. The van der Waals surface area contributed by atoms with Crippen molar-refractivity contribution in [3.8, 4) is 0 Å². The Morgan fingerprint density at radius 2 is 1.86 bits per heavy atom. The molecule has 1 atom stereocenters. The zero-order valence-corrected chi connectivity index (χ0v) is 11.9. The highest BCUT2D eigenvalue weighted by atomic mass is 19.1. The largest absolute Gasteiger partial charge is 0.321 e. The minimum Gasteiger partial charge on any atom is -0.321 e. The van der Waals surface area contributed by atoms with Crippen LogP contribution in [0, 0.1) is 5.82 Å². The molecule has 0 aliphatic rings. The smallest absolute Gasteiger partial charge is 0.123 e. The monoisotopic (exact) mass is 280 g/mol. The summed E-state index contributed by atoms with van der Waals surface area (Å²) in [4.78, 5) is 4.45. The van der Waals surface area contributed by atoms with Crippen molar-refractivity contribution in [1.82, 2.24) is 4.98 Å². The molecule has 0 aliphatic carbocycles. The Morgan fingerprint density at radius 3 is 2.67 bits per heavy atom. The molecule has 0 spiro atoms. The molecule has 0 saturated heterocycles. The van der Waals surface area contributed by atoms with Crippen LogP contribution in [0.25, 0.3) is 10.9 Å². The highest BCUT2D eigenvalue weighted by Crippen LogP contribution is 2.28. The van der Waals surface area contributed by atoms with Gasteiger partial charge in [-0.2, -0.15) is 0 Å². The predicted octanol–water partition coefficient (Wildman–Crippen LogP) is 3.79. The third-order valence-corrected chi connectivity index (χ3v) is 3.71. The molecule has 2 nitrogen and oxygen atoms in total. The van der Waals surface area contributed by atoms with E-state index >= 15 is 0 Å². The highest BCUT2D eigenvalue weighted by molar-refractivity contribution is 5.82. The second-order valence-electron chi connectivity index (χ2n) is 5.60. The normalized spacial score (nSPS) is 14.0. The van der Waals surface area contributed by atoms with Gasteiger partial charge in [0.1, 0.15) is 5.82 Å². The van der Waals surface area contributed by atoms with Crippen molar-refractivity contribution >= 4 is 10.9 Å². The van der Waals surface area contributed by atoms with Gasteiger partial charge in [-0.25, -0.2) is 4.39 Å². The number of hydrogen-bond acceptors (Lipinski definition) is 2. The first kappa shape index (κ1) is 13.7. The number of para-hydroxylation sites is 1. The summed E-state index contributed by atoms with van der Waals surface area (Å²) >= 11 is 0. The molecule has 0 amide bonds. The summed E-state index contributed by atoms with van der Waals surface area (Å²) in [6.07, 6.45) is 2.32. The van der Waals surface area contributed by atoms with Gasteiger partial charge in [-0.3, -0.25) is 4.98 Å². The Balaban J connectivity index is 2.04. The molecule has 1 heterocycles. The van der Waals surface area contributed by atoms with E-state index in [2.05, 4.69) is 4.98 Å². The number of halogens is 1. The molecule has 0 aliphatic heterocycles. The van der Waals surface area contributed by atoms with E-state index in [9.17, 15) is 4.39 Å². The van der Waals surface area contributed by atoms with Crippen molar-refractivity contribution in [2.45, 2.75) is 18.9 Å². The highest BCUT2D eigenvalue weighted by Gasteiger charge is 2.24. The molecule has 2 N–H and O–H groups in total. The number of nitrogens with two attached hydrogens (primary N) is 1. The fourth-order valence-electron chi connectivity index (χ4n) is 2.73. The Morgan fingerprint density at radius 1 is 1.10 bits per heavy atom. The zero-order valence-electron chi connectivity index (χ0n) is 11.9. The van der Waals surface area contributed by atoms with Crippen molar-refractivity contribution in [3.05, 3.63) is 77.7 Å². The quantitative estimate of drug-likeness (QED) is 0.792. The van der Waals surface area contributed by atoms with Crippen LogP contribution in [0.5, 0.6) is 0 Å². The van der Waals surface area contributed by atoms with Crippen LogP contribution in [-0.4, -0.2) is 4.98 Å². The molecule has 0 fully saturated rings. The molecule has 21 heavy (non-hydrogen) atoms. The zero-order chi connectivity index (χ0) is 14.9. The molecule has 3 rings (SSSR count). The van der Waals surface area contributed by atoms with Gasteiger partial charge in [-0.1, -0.05) is 36.4 Å². The fraction of sp³-hybridized carbons (Fsp3) is 0.167. The number of benzene rings is 2. The lowest BCUT2D eigenvalue weighted by Crippen LogP contribution is -2.35. The first-order chi connectivity index (χ1) is 10.1. The van der Waals surface area contributed by atoms with Gasteiger partial charge in [-0.15, -0.1) is 0 Å². The molecule has 0 bridgehead atoms. The van der Waals surface area contributed by atoms with Crippen LogP contribution in [0.3, 0.4) is 0 Å². The Labute approximate surface area is 123 Å². The summed E-state index contributed by atoms with van der Waals surface area (Å²) in [5, 5.41) is 1.06. The van der Waals surface area contributed by atoms with Crippen molar-refractivity contribution in [3.63, 3.8) is 0 Å². The predicted molar refractivity (Wildman–Crippen MR) is 83.4 cm³/mol. The molecular formula is C18H17FN2. The summed E-state index contributed by atoms with van der Waals surface area (Å²) in [6.45, 7) is 1.96. The van der Waals surface area contributed by atoms with Gasteiger partial charge in [-0.05, 0) is 42.7 Å². The first-order valence-electron chi connectivity index (χ1n) is 6.94. The standard InChI is InChI=1S/C18H17FN2/c1-18(20,12-13-5-2-8-15(19)11-13)16-9-3-6-14-7-4-10-21-17(14)16/h2-11H,12,20H2,1H3. The number of rotatable bonds is 3. The Hall–Kier alpha value is -2.26. The molecule has 0 saturated carbocycles. The number of pyridine rings is 1. The lowest BCUT2D eigenvalue weighted by Gasteiger charge is -2.26. The second-order valence-corrected chi connectivity index (χ2v) is 5.60. The van der Waals surface area contributed by atoms with Crippen LogP contribution < -0.4 is 5.73 Å². The van der Waals surface area contributed by atoms with E-state index in [1.54, 1.807) is 12.3 Å². The summed E-state index contributed by atoms with van der Waals surface area (Å²) < 4.78 is 13.3. The molecule has 106 valence electrons. The van der Waals surface area contributed by atoms with Gasteiger partial charge in [0.05, 0.1) is 5.52 Å². The van der Waals surface area contributed by atoms with Crippen LogP contribution >= 0.6 is 0 Å². The van der Waals surface area contributed by atoms with Gasteiger partial charge in [0.15, 0.2) is 0 Å². The molecule has 1 unspecified atom stereocenters. The maximum atomic E-state index is 13.3. The third-order valence-electron chi connectivity index (χ3n) is 3.71. The van der Waals surface area contributed by atoms with Crippen LogP contribution in [0.15, 0.2) is 60.8 Å². The van der Waals surface area contributed by atoms with Crippen molar-refractivity contribution in [1.29, 1.82) is 0 Å². The van der Waals surface area contributed by atoms with Crippen LogP contribution in [-0.2, 0) is 12.0 Å². The van der Waals surface area contributed by atoms with E-state index in [0.29, 0.717) is 6.42 Å². The van der Waals surface area contributed by atoms with Gasteiger partial charge in [0, 0.05) is 17.1 Å². The molecular weight excluding hydrogens is 263 g/mol. The average molecular weight is 280 g/mol. The van der Waals surface area contributed by atoms with Crippen LogP contribution in [0.4, 0.5) is 4.39 Å². The van der Waals surface area contributed by atoms with E-state index in [0.717, 1.165) is 22.0 Å². The summed E-state index contributed by atoms with van der Waals surface area (Å²) in [5.41, 5.74) is 8.68. The van der Waals surface area contributed by atoms with Crippen molar-refractivity contribution in [2.24, 2.45) is 5.73 Å². The molecule has 3 heteroatoms. The van der Waals surface area contributed by atoms with E-state index in [1.165, 1.54) is 12.1 Å². The lowest BCUT2D eigenvalue weighted by molar-refractivity contribution is 0.493. The summed E-state index contributed by atoms with van der Waals surface area (Å²) in [6, 6.07) is 16.5. The summed E-state index contributed by atoms with van der Waals surface area (Å²) in [5.74, 6) is -0.237. The van der Waals surface area contributed by atoms with E-state index in [4.69, 9.17) is 5.73 Å². The topological polar surface area (TPSA) is 38.9 Å². The van der Waals surface area contributed by atoms with E-state index in [-0.39, 0.29) is 5.82 Å². The molecule has 2 aromatic carbocycles. The maximum Gasteiger partial charge on any atom is 0.123 e. The third kappa shape index (κ3) is 2.78. The number of aromatic nitrogens is 1. The van der Waals surface area contributed by atoms with Gasteiger partial charge in [0.25, 0.3) is 0 Å². The van der Waals surface area contributed by atoms with Crippen molar-refractivity contribution in [2.75, 3.05) is 0 Å². The second kappa shape index (κ2) is 5.26. The number of hydrogen-bond donors (Lipinski definition) is 1. The Kier molecular flexibility index (Phi) is 3.43. The molecule has 3 aromatic rings. The lowest BCUT2D eigenvalue weighted by atomic mass is 9.85. The average Bonchev–Trinajstić information content (AvgIpc) is 2.46. The van der Waals surface area contributed by atoms with Gasteiger partial charge >= 0.3 is 0 Å². The van der Waals surface area contributed by atoms with Crippen LogP contribution in [0.2, 0.25) is 0 Å². The van der Waals surface area contributed by atoms with Gasteiger partial charge in [0.2, 0.25) is 0 Å². The first-order valence-corrected chi connectivity index (χ1v) is 6.94. The van der Waals surface area contributed by atoms with Crippen LogP contribution in [0.1, 0.15) is 18.1 Å². The maximum absolute atomic E-state index is 13.3. The summed E-state index contributed by atoms with van der Waals surface area (Å²) in [7, 11) is 0. The SMILES string of the molecule is CC(N)(Cc1cccc(F)c1)c1cccc2cccnc12. The minimum atomic E-state index is -0.609. The molecule has 1 aromatic heterocycles. The fourth-order valence-corrected chi connectivity index (χ4v) is 2.73. The number of fused-ring (bicyclic) bond motifs is 1.